The molecular formula is C13H20N2O2S. The fourth-order valence-corrected chi connectivity index (χ4v) is 4.29. The highest BCUT2D eigenvalue weighted by atomic mass is 32.2. The number of sulfonamides is 1. The first-order valence-corrected chi connectivity index (χ1v) is 7.94. The second-order valence-corrected chi connectivity index (χ2v) is 6.88. The molecule has 0 radical (unpaired) electrons. The summed E-state index contributed by atoms with van der Waals surface area (Å²) in [6, 6.07) is 7.21. The highest BCUT2D eigenvalue weighted by Gasteiger charge is 2.29. The van der Waals surface area contributed by atoms with Gasteiger partial charge in [0.15, 0.2) is 0 Å². The summed E-state index contributed by atoms with van der Waals surface area (Å²) >= 11 is 0. The molecule has 1 aromatic carbocycles. The van der Waals surface area contributed by atoms with Crippen LogP contribution in [0.2, 0.25) is 0 Å². The smallest absolute Gasteiger partial charge is 0.218 e. The zero-order valence-corrected chi connectivity index (χ0v) is 11.5. The molecule has 1 atom stereocenters. The van der Waals surface area contributed by atoms with Gasteiger partial charge in [-0.3, -0.25) is 0 Å². The van der Waals surface area contributed by atoms with Crippen molar-refractivity contribution in [2.24, 2.45) is 0 Å². The number of hydrogen-bond donors (Lipinski definition) is 1. The standard InChI is InChI=1S/C13H20N2O2S/c1-11-5-2-3-8-15(11)18(16,17)10-12-6-4-7-13(14)9-12/h4,6-7,9,11H,2-3,5,8,10,14H2,1H3. The lowest BCUT2D eigenvalue weighted by atomic mass is 10.1. The largest absolute Gasteiger partial charge is 0.399 e. The summed E-state index contributed by atoms with van der Waals surface area (Å²) < 4.78 is 26.4. The van der Waals surface area contributed by atoms with Gasteiger partial charge < -0.3 is 5.73 Å². The molecule has 0 amide bonds. The second kappa shape index (κ2) is 5.28. The van der Waals surface area contributed by atoms with Crippen LogP contribution in [0.5, 0.6) is 0 Å². The van der Waals surface area contributed by atoms with Crippen molar-refractivity contribution in [3.63, 3.8) is 0 Å². The van der Waals surface area contributed by atoms with Crippen LogP contribution in [-0.2, 0) is 15.8 Å². The monoisotopic (exact) mass is 268 g/mol. The van der Waals surface area contributed by atoms with Crippen LogP contribution in [-0.4, -0.2) is 25.3 Å². The Morgan fingerprint density at radius 3 is 2.83 bits per heavy atom. The molecule has 2 N–H and O–H groups in total. The molecule has 0 spiro atoms. The van der Waals surface area contributed by atoms with Crippen LogP contribution in [0.4, 0.5) is 5.69 Å². The molecule has 1 aromatic rings. The molecule has 1 heterocycles. The van der Waals surface area contributed by atoms with Crippen LogP contribution in [0.1, 0.15) is 31.7 Å². The van der Waals surface area contributed by atoms with Crippen LogP contribution in [0, 0.1) is 0 Å². The fourth-order valence-electron chi connectivity index (χ4n) is 2.46. The Kier molecular flexibility index (Phi) is 3.92. The van der Waals surface area contributed by atoms with Crippen molar-refractivity contribution >= 4 is 15.7 Å². The van der Waals surface area contributed by atoms with E-state index in [4.69, 9.17) is 5.73 Å². The average Bonchev–Trinajstić information content (AvgIpc) is 2.28. The van der Waals surface area contributed by atoms with E-state index in [1.165, 1.54) is 0 Å². The van der Waals surface area contributed by atoms with Gasteiger partial charge in [0.05, 0.1) is 5.75 Å². The van der Waals surface area contributed by atoms with Crippen LogP contribution in [0.3, 0.4) is 0 Å². The zero-order valence-electron chi connectivity index (χ0n) is 10.7. The average molecular weight is 268 g/mol. The highest BCUT2D eigenvalue weighted by Crippen LogP contribution is 2.22. The van der Waals surface area contributed by atoms with Gasteiger partial charge >= 0.3 is 0 Å². The Hall–Kier alpha value is -1.07. The quantitative estimate of drug-likeness (QED) is 0.852. The van der Waals surface area contributed by atoms with E-state index in [0.29, 0.717) is 12.2 Å². The number of rotatable bonds is 3. The lowest BCUT2D eigenvalue weighted by molar-refractivity contribution is 0.268. The lowest BCUT2D eigenvalue weighted by Crippen LogP contribution is -2.42. The molecule has 1 unspecified atom stereocenters. The van der Waals surface area contributed by atoms with E-state index < -0.39 is 10.0 Å². The Morgan fingerprint density at radius 1 is 1.39 bits per heavy atom. The van der Waals surface area contributed by atoms with Crippen molar-refractivity contribution in [3.8, 4) is 0 Å². The molecule has 0 bridgehead atoms. The normalized spacial score (nSPS) is 21.9. The molecule has 18 heavy (non-hydrogen) atoms. The molecule has 0 aliphatic carbocycles. The molecule has 5 heteroatoms. The van der Waals surface area contributed by atoms with Crippen molar-refractivity contribution in [3.05, 3.63) is 29.8 Å². The SMILES string of the molecule is CC1CCCCN1S(=O)(=O)Cc1cccc(N)c1. The number of nitrogens with zero attached hydrogens (tertiary/aromatic N) is 1. The van der Waals surface area contributed by atoms with Crippen LogP contribution >= 0.6 is 0 Å². The van der Waals surface area contributed by atoms with Crippen molar-refractivity contribution < 1.29 is 8.42 Å². The Morgan fingerprint density at radius 2 is 2.17 bits per heavy atom. The van der Waals surface area contributed by atoms with E-state index in [1.54, 1.807) is 22.5 Å². The predicted octanol–water partition coefficient (Wildman–Crippen LogP) is 1.97. The zero-order chi connectivity index (χ0) is 13.2. The maximum Gasteiger partial charge on any atom is 0.218 e. The summed E-state index contributed by atoms with van der Waals surface area (Å²) in [6.07, 6.45) is 3.03. The molecular weight excluding hydrogens is 248 g/mol. The van der Waals surface area contributed by atoms with Gasteiger partial charge in [-0.25, -0.2) is 8.42 Å². The lowest BCUT2D eigenvalue weighted by Gasteiger charge is -2.32. The van der Waals surface area contributed by atoms with E-state index in [9.17, 15) is 8.42 Å². The molecule has 0 saturated carbocycles. The molecule has 1 saturated heterocycles. The van der Waals surface area contributed by atoms with E-state index in [2.05, 4.69) is 0 Å². The molecule has 4 nitrogen and oxygen atoms in total. The molecule has 2 rings (SSSR count). The minimum Gasteiger partial charge on any atom is -0.399 e. The van der Waals surface area contributed by atoms with Gasteiger partial charge in [-0.05, 0) is 37.5 Å². The number of piperidine rings is 1. The molecule has 1 aliphatic heterocycles. The summed E-state index contributed by atoms with van der Waals surface area (Å²) in [7, 11) is -3.22. The van der Waals surface area contributed by atoms with E-state index in [0.717, 1.165) is 24.8 Å². The first-order valence-electron chi connectivity index (χ1n) is 6.33. The minimum absolute atomic E-state index is 0.0440. The Balaban J connectivity index is 2.16. The van der Waals surface area contributed by atoms with Gasteiger partial charge in [-0.15, -0.1) is 0 Å². The van der Waals surface area contributed by atoms with Crippen molar-refractivity contribution in [1.82, 2.24) is 4.31 Å². The van der Waals surface area contributed by atoms with Gasteiger partial charge in [0.25, 0.3) is 0 Å². The summed E-state index contributed by atoms with van der Waals surface area (Å²) in [6.45, 7) is 2.63. The van der Waals surface area contributed by atoms with E-state index in [-0.39, 0.29) is 11.8 Å². The van der Waals surface area contributed by atoms with E-state index in [1.807, 2.05) is 13.0 Å². The third-order valence-electron chi connectivity index (χ3n) is 3.40. The maximum atomic E-state index is 12.4. The Bertz CT molecular complexity index is 513. The number of benzene rings is 1. The third kappa shape index (κ3) is 3.03. The van der Waals surface area contributed by atoms with Gasteiger partial charge in [0.1, 0.15) is 0 Å². The molecule has 0 aromatic heterocycles. The second-order valence-electron chi connectivity index (χ2n) is 4.96. The first kappa shape index (κ1) is 13.4. The minimum atomic E-state index is -3.22. The van der Waals surface area contributed by atoms with Crippen LogP contribution < -0.4 is 5.73 Å². The van der Waals surface area contributed by atoms with E-state index >= 15 is 0 Å². The number of hydrogen-bond acceptors (Lipinski definition) is 3. The predicted molar refractivity (Wildman–Crippen MR) is 73.5 cm³/mol. The highest BCUT2D eigenvalue weighted by molar-refractivity contribution is 7.88. The summed E-state index contributed by atoms with van der Waals surface area (Å²) in [5, 5.41) is 0. The molecule has 1 fully saturated rings. The third-order valence-corrected chi connectivity index (χ3v) is 5.35. The van der Waals surface area contributed by atoms with Gasteiger partial charge in [-0.1, -0.05) is 18.6 Å². The fraction of sp³-hybridized carbons (Fsp3) is 0.538. The molecule has 1 aliphatic rings. The topological polar surface area (TPSA) is 63.4 Å². The number of nitrogens with two attached hydrogens (primary N) is 1. The summed E-state index contributed by atoms with van der Waals surface area (Å²) in [4.78, 5) is 0. The number of anilines is 1. The Labute approximate surface area is 109 Å². The maximum absolute atomic E-state index is 12.4. The first-order chi connectivity index (χ1) is 8.49. The van der Waals surface area contributed by atoms with Crippen molar-refractivity contribution in [2.75, 3.05) is 12.3 Å². The van der Waals surface area contributed by atoms with Gasteiger partial charge in [0.2, 0.25) is 10.0 Å². The summed E-state index contributed by atoms with van der Waals surface area (Å²) in [5.74, 6) is 0.0440. The summed E-state index contributed by atoms with van der Waals surface area (Å²) in [5.41, 5.74) is 7.04. The van der Waals surface area contributed by atoms with Crippen LogP contribution in [0.25, 0.3) is 0 Å². The van der Waals surface area contributed by atoms with Crippen molar-refractivity contribution in [2.45, 2.75) is 38.0 Å². The van der Waals surface area contributed by atoms with Gasteiger partial charge in [0, 0.05) is 18.3 Å². The van der Waals surface area contributed by atoms with Crippen LogP contribution in [0.15, 0.2) is 24.3 Å². The number of nitrogen functional groups attached to an aromatic ring is 1. The van der Waals surface area contributed by atoms with Crippen molar-refractivity contribution in [1.29, 1.82) is 0 Å². The van der Waals surface area contributed by atoms with Gasteiger partial charge in [-0.2, -0.15) is 4.31 Å². The molecule has 100 valence electrons.